The molecule has 4 nitrogen and oxygen atoms in total. The van der Waals surface area contributed by atoms with E-state index < -0.39 is 13.1 Å². The lowest BCUT2D eigenvalue weighted by molar-refractivity contribution is 0.0696. The quantitative estimate of drug-likeness (QED) is 0.610. The van der Waals surface area contributed by atoms with Crippen LogP contribution in [0.4, 0.5) is 0 Å². The zero-order valence-electron chi connectivity index (χ0n) is 7.65. The Balaban J connectivity index is 2.61. The van der Waals surface area contributed by atoms with E-state index in [9.17, 15) is 9.82 Å². The highest BCUT2D eigenvalue weighted by molar-refractivity contribution is 6.62. The van der Waals surface area contributed by atoms with E-state index in [1.807, 2.05) is 0 Å². The van der Waals surface area contributed by atoms with Crippen LogP contribution in [0.25, 0.3) is 0 Å². The van der Waals surface area contributed by atoms with Crippen LogP contribution in [0.1, 0.15) is 21.5 Å². The van der Waals surface area contributed by atoms with E-state index in [4.69, 9.17) is 9.76 Å². The molecule has 1 aliphatic heterocycles. The second-order valence-corrected chi connectivity index (χ2v) is 3.28. The zero-order valence-corrected chi connectivity index (χ0v) is 7.65. The van der Waals surface area contributed by atoms with Gasteiger partial charge in [-0.15, -0.1) is 0 Å². The van der Waals surface area contributed by atoms with Gasteiger partial charge in [-0.1, -0.05) is 6.07 Å². The van der Waals surface area contributed by atoms with Crippen LogP contribution in [0.2, 0.25) is 0 Å². The second-order valence-electron chi connectivity index (χ2n) is 3.28. The van der Waals surface area contributed by atoms with Crippen LogP contribution in [-0.2, 0) is 11.3 Å². The Morgan fingerprint density at radius 3 is 2.93 bits per heavy atom. The molecule has 1 aliphatic rings. The average Bonchev–Trinajstić information content (AvgIpc) is 2.48. The molecule has 0 aliphatic carbocycles. The molecule has 1 aromatic rings. The van der Waals surface area contributed by atoms with Crippen molar-refractivity contribution in [3.05, 3.63) is 28.8 Å². The van der Waals surface area contributed by atoms with Gasteiger partial charge in [-0.05, 0) is 29.6 Å². The number of hydrogen-bond donors (Lipinski definition) is 2. The van der Waals surface area contributed by atoms with Crippen molar-refractivity contribution in [1.29, 1.82) is 0 Å². The van der Waals surface area contributed by atoms with Gasteiger partial charge in [0.25, 0.3) is 0 Å². The molecule has 0 fully saturated rings. The lowest BCUT2D eigenvalue weighted by Crippen LogP contribution is -2.31. The molecule has 0 aromatic heterocycles. The summed E-state index contributed by atoms with van der Waals surface area (Å²) in [5.74, 6) is -0.982. The minimum atomic E-state index is -0.982. The van der Waals surface area contributed by atoms with Gasteiger partial charge in [0.05, 0.1) is 12.2 Å². The van der Waals surface area contributed by atoms with Crippen LogP contribution in [-0.4, -0.2) is 23.2 Å². The summed E-state index contributed by atoms with van der Waals surface area (Å²) in [6, 6.07) is 3.22. The first kappa shape index (κ1) is 9.24. The Bertz CT molecular complexity index is 402. The molecular weight excluding hydrogens is 183 g/mol. The highest BCUT2D eigenvalue weighted by Gasteiger charge is 2.30. The summed E-state index contributed by atoms with van der Waals surface area (Å²) in [4.78, 5) is 10.8. The molecule has 14 heavy (non-hydrogen) atoms. The van der Waals surface area contributed by atoms with E-state index in [1.165, 1.54) is 6.07 Å². The van der Waals surface area contributed by atoms with E-state index in [0.29, 0.717) is 17.6 Å². The van der Waals surface area contributed by atoms with Crippen LogP contribution < -0.4 is 5.46 Å². The number of fused-ring (bicyclic) bond motifs is 1. The number of carboxylic acid groups (broad SMARTS) is 1. The molecule has 1 aromatic carbocycles. The van der Waals surface area contributed by atoms with Crippen LogP contribution in [0.3, 0.4) is 0 Å². The number of benzene rings is 1. The summed E-state index contributed by atoms with van der Waals surface area (Å²) in [6.07, 6.45) is 0. The molecule has 5 heteroatoms. The number of carboxylic acids is 1. The monoisotopic (exact) mass is 192 g/mol. The van der Waals surface area contributed by atoms with E-state index in [2.05, 4.69) is 0 Å². The molecule has 1 heterocycles. The van der Waals surface area contributed by atoms with Gasteiger partial charge in [-0.25, -0.2) is 4.79 Å². The van der Waals surface area contributed by atoms with Gasteiger partial charge in [-0.3, -0.25) is 0 Å². The second kappa shape index (κ2) is 3.11. The van der Waals surface area contributed by atoms with Gasteiger partial charge in [0, 0.05) is 0 Å². The topological polar surface area (TPSA) is 66.8 Å². The Kier molecular flexibility index (Phi) is 2.05. The highest BCUT2D eigenvalue weighted by atomic mass is 16.5. The maximum absolute atomic E-state index is 10.8. The molecule has 0 saturated carbocycles. The largest absolute Gasteiger partial charge is 0.492 e. The lowest BCUT2D eigenvalue weighted by Gasteiger charge is -2.06. The minimum Gasteiger partial charge on any atom is -0.478 e. The molecule has 0 amide bonds. The van der Waals surface area contributed by atoms with Crippen LogP contribution >= 0.6 is 0 Å². The highest BCUT2D eigenvalue weighted by Crippen LogP contribution is 2.15. The van der Waals surface area contributed by atoms with Crippen LogP contribution in [0.15, 0.2) is 12.1 Å². The number of carbonyl (C=O) groups is 1. The third-order valence-corrected chi connectivity index (χ3v) is 2.48. The summed E-state index contributed by atoms with van der Waals surface area (Å²) in [6.45, 7) is 2.03. The predicted octanol–water partition coefficient (Wildman–Crippen LogP) is -0.0891. The van der Waals surface area contributed by atoms with Crippen molar-refractivity contribution >= 4 is 18.6 Å². The molecule has 0 spiro atoms. The van der Waals surface area contributed by atoms with Crippen molar-refractivity contribution in [2.24, 2.45) is 0 Å². The van der Waals surface area contributed by atoms with E-state index in [0.717, 1.165) is 5.56 Å². The molecule has 0 radical (unpaired) electrons. The Labute approximate surface area is 81.3 Å². The van der Waals surface area contributed by atoms with Gasteiger partial charge >= 0.3 is 13.1 Å². The molecule has 72 valence electrons. The van der Waals surface area contributed by atoms with Gasteiger partial charge in [0.15, 0.2) is 0 Å². The van der Waals surface area contributed by atoms with Crippen molar-refractivity contribution < 1.29 is 19.6 Å². The smallest absolute Gasteiger partial charge is 0.478 e. The fourth-order valence-electron chi connectivity index (χ4n) is 1.74. The molecule has 0 saturated heterocycles. The lowest BCUT2D eigenvalue weighted by atomic mass is 9.75. The molecule has 2 rings (SSSR count). The number of rotatable bonds is 1. The zero-order chi connectivity index (χ0) is 10.3. The number of hydrogen-bond acceptors (Lipinski definition) is 3. The van der Waals surface area contributed by atoms with Crippen molar-refractivity contribution in [3.63, 3.8) is 0 Å². The minimum absolute atomic E-state index is 0.216. The molecular formula is C9H9BO4. The van der Waals surface area contributed by atoms with Crippen molar-refractivity contribution in [2.45, 2.75) is 13.5 Å². The Hall–Kier alpha value is -1.33. The van der Waals surface area contributed by atoms with Crippen LogP contribution in [0.5, 0.6) is 0 Å². The number of aromatic carboxylic acids is 1. The first-order valence-corrected chi connectivity index (χ1v) is 4.26. The fraction of sp³-hybridized carbons (Fsp3) is 0.222. The van der Waals surface area contributed by atoms with E-state index in [-0.39, 0.29) is 5.56 Å². The first-order chi connectivity index (χ1) is 6.61. The summed E-state index contributed by atoms with van der Waals surface area (Å²) in [7, 11) is -0.982. The molecule has 0 bridgehead atoms. The van der Waals surface area contributed by atoms with E-state index >= 15 is 0 Å². The summed E-state index contributed by atoms with van der Waals surface area (Å²) in [5, 5.41) is 18.3. The third-order valence-electron chi connectivity index (χ3n) is 2.48. The van der Waals surface area contributed by atoms with Crippen molar-refractivity contribution in [3.8, 4) is 0 Å². The summed E-state index contributed by atoms with van der Waals surface area (Å²) in [5.41, 5.74) is 2.26. The van der Waals surface area contributed by atoms with Crippen molar-refractivity contribution in [1.82, 2.24) is 0 Å². The van der Waals surface area contributed by atoms with E-state index in [1.54, 1.807) is 13.0 Å². The molecule has 2 N–H and O–H groups in total. The molecule has 0 unspecified atom stereocenters. The van der Waals surface area contributed by atoms with Gasteiger partial charge < -0.3 is 14.8 Å². The predicted molar refractivity (Wildman–Crippen MR) is 50.5 cm³/mol. The SMILES string of the molecule is Cc1c(C(=O)O)ccc2c1B(O)OC2. The summed E-state index contributed by atoms with van der Waals surface area (Å²) < 4.78 is 5.00. The third kappa shape index (κ3) is 1.22. The summed E-state index contributed by atoms with van der Waals surface area (Å²) >= 11 is 0. The first-order valence-electron chi connectivity index (χ1n) is 4.26. The Morgan fingerprint density at radius 1 is 1.57 bits per heavy atom. The van der Waals surface area contributed by atoms with Crippen molar-refractivity contribution in [2.75, 3.05) is 0 Å². The molecule has 0 atom stereocenters. The van der Waals surface area contributed by atoms with Gasteiger partial charge in [0.1, 0.15) is 0 Å². The standard InChI is InChI=1S/C9H9BO4/c1-5-7(9(11)12)3-2-6-4-14-10(13)8(5)6/h2-3,13H,4H2,1H3,(H,11,12). The Morgan fingerprint density at radius 2 is 2.29 bits per heavy atom. The van der Waals surface area contributed by atoms with Crippen LogP contribution in [0, 0.1) is 6.92 Å². The van der Waals surface area contributed by atoms with Gasteiger partial charge in [-0.2, -0.15) is 0 Å². The normalized spacial score (nSPS) is 14.3. The van der Waals surface area contributed by atoms with Gasteiger partial charge in [0.2, 0.25) is 0 Å². The maximum atomic E-state index is 10.8. The fourth-order valence-corrected chi connectivity index (χ4v) is 1.74. The average molecular weight is 192 g/mol. The maximum Gasteiger partial charge on any atom is 0.492 e.